The molecule has 0 bridgehead atoms. The van der Waals surface area contributed by atoms with Gasteiger partial charge in [0.25, 0.3) is 0 Å². The molecule has 0 saturated heterocycles. The van der Waals surface area contributed by atoms with E-state index in [-0.39, 0.29) is 5.75 Å². The highest BCUT2D eigenvalue weighted by Gasteiger charge is 2.11. The van der Waals surface area contributed by atoms with Crippen molar-refractivity contribution in [2.24, 2.45) is 0 Å². The van der Waals surface area contributed by atoms with Gasteiger partial charge in [0.15, 0.2) is 0 Å². The SMILES string of the molecule is O=C(O)Oc1ccccc1-c1ccccc1Cl. The first-order valence-electron chi connectivity index (χ1n) is 4.93. The van der Waals surface area contributed by atoms with Gasteiger partial charge in [-0.25, -0.2) is 4.79 Å². The Morgan fingerprint density at radius 2 is 1.59 bits per heavy atom. The molecule has 0 aliphatic heterocycles. The van der Waals surface area contributed by atoms with Crippen molar-refractivity contribution in [3.05, 3.63) is 53.6 Å². The van der Waals surface area contributed by atoms with E-state index in [1.807, 2.05) is 18.2 Å². The number of carbonyl (C=O) groups is 1. The third kappa shape index (κ3) is 2.57. The van der Waals surface area contributed by atoms with Crippen LogP contribution in [-0.4, -0.2) is 11.3 Å². The summed E-state index contributed by atoms with van der Waals surface area (Å²) in [6.07, 6.45) is -1.34. The minimum absolute atomic E-state index is 0.271. The maximum atomic E-state index is 10.6. The van der Waals surface area contributed by atoms with Gasteiger partial charge in [0.2, 0.25) is 0 Å². The number of ether oxygens (including phenoxy) is 1. The van der Waals surface area contributed by atoms with Gasteiger partial charge in [0.05, 0.1) is 0 Å². The molecule has 0 amide bonds. The minimum Gasteiger partial charge on any atom is -0.449 e. The van der Waals surface area contributed by atoms with E-state index in [9.17, 15) is 4.79 Å². The van der Waals surface area contributed by atoms with Gasteiger partial charge in [-0.2, -0.15) is 0 Å². The monoisotopic (exact) mass is 248 g/mol. The second kappa shape index (κ2) is 4.89. The Labute approximate surface area is 103 Å². The van der Waals surface area contributed by atoms with Gasteiger partial charge in [-0.3, -0.25) is 0 Å². The van der Waals surface area contributed by atoms with Crippen LogP contribution in [0.5, 0.6) is 5.75 Å². The van der Waals surface area contributed by atoms with Crippen LogP contribution in [0, 0.1) is 0 Å². The fourth-order valence-corrected chi connectivity index (χ4v) is 1.79. The molecule has 2 aromatic rings. The molecule has 0 atom stereocenters. The topological polar surface area (TPSA) is 46.5 Å². The van der Waals surface area contributed by atoms with Crippen molar-refractivity contribution >= 4 is 17.8 Å². The molecule has 0 aromatic heterocycles. The number of carboxylic acid groups (broad SMARTS) is 1. The van der Waals surface area contributed by atoms with Gasteiger partial charge in [-0.05, 0) is 12.1 Å². The third-order valence-electron chi connectivity index (χ3n) is 2.25. The molecule has 0 saturated carbocycles. The molecule has 0 radical (unpaired) electrons. The predicted octanol–water partition coefficient (Wildman–Crippen LogP) is 4.06. The van der Waals surface area contributed by atoms with Crippen LogP contribution in [0.3, 0.4) is 0 Å². The van der Waals surface area contributed by atoms with Crippen LogP contribution < -0.4 is 4.74 Å². The number of para-hydroxylation sites is 1. The summed E-state index contributed by atoms with van der Waals surface area (Å²) in [6, 6.07) is 14.1. The first-order valence-corrected chi connectivity index (χ1v) is 5.31. The zero-order valence-corrected chi connectivity index (χ0v) is 9.52. The maximum Gasteiger partial charge on any atom is 0.511 e. The zero-order chi connectivity index (χ0) is 12.3. The molecule has 2 aromatic carbocycles. The smallest absolute Gasteiger partial charge is 0.449 e. The minimum atomic E-state index is -1.34. The summed E-state index contributed by atoms with van der Waals surface area (Å²) in [7, 11) is 0. The lowest BCUT2D eigenvalue weighted by molar-refractivity contribution is 0.144. The molecule has 0 spiro atoms. The van der Waals surface area contributed by atoms with Crippen molar-refractivity contribution in [1.29, 1.82) is 0 Å². The number of halogens is 1. The van der Waals surface area contributed by atoms with Crippen molar-refractivity contribution < 1.29 is 14.6 Å². The van der Waals surface area contributed by atoms with E-state index in [1.54, 1.807) is 30.3 Å². The fraction of sp³-hybridized carbons (Fsp3) is 0. The van der Waals surface area contributed by atoms with Crippen molar-refractivity contribution in [2.75, 3.05) is 0 Å². The van der Waals surface area contributed by atoms with Crippen LogP contribution in [0.15, 0.2) is 48.5 Å². The number of benzene rings is 2. The molecule has 2 rings (SSSR count). The largest absolute Gasteiger partial charge is 0.511 e. The van der Waals surface area contributed by atoms with Crippen LogP contribution in [0.4, 0.5) is 4.79 Å². The van der Waals surface area contributed by atoms with E-state index in [0.717, 1.165) is 5.56 Å². The van der Waals surface area contributed by atoms with Gasteiger partial charge in [-0.15, -0.1) is 0 Å². The van der Waals surface area contributed by atoms with Gasteiger partial charge >= 0.3 is 6.16 Å². The summed E-state index contributed by atoms with van der Waals surface area (Å²) in [5, 5.41) is 9.20. The lowest BCUT2D eigenvalue weighted by Crippen LogP contribution is -2.04. The molecular formula is C13H9ClO3. The Bertz CT molecular complexity index is 552. The lowest BCUT2D eigenvalue weighted by Gasteiger charge is -2.09. The second-order valence-corrected chi connectivity index (χ2v) is 3.75. The molecule has 17 heavy (non-hydrogen) atoms. The predicted molar refractivity (Wildman–Crippen MR) is 65.5 cm³/mol. The number of hydrogen-bond acceptors (Lipinski definition) is 2. The Hall–Kier alpha value is -2.00. The van der Waals surface area contributed by atoms with E-state index in [0.29, 0.717) is 10.6 Å². The van der Waals surface area contributed by atoms with Crippen molar-refractivity contribution in [3.8, 4) is 16.9 Å². The van der Waals surface area contributed by atoms with E-state index >= 15 is 0 Å². The van der Waals surface area contributed by atoms with Crippen LogP contribution in [0.2, 0.25) is 5.02 Å². The van der Waals surface area contributed by atoms with E-state index in [4.69, 9.17) is 21.4 Å². The number of hydrogen-bond donors (Lipinski definition) is 1. The molecule has 86 valence electrons. The molecule has 0 aliphatic carbocycles. The van der Waals surface area contributed by atoms with Crippen molar-refractivity contribution in [1.82, 2.24) is 0 Å². The first kappa shape index (κ1) is 11.5. The lowest BCUT2D eigenvalue weighted by atomic mass is 10.0. The quantitative estimate of drug-likeness (QED) is 0.644. The summed E-state index contributed by atoms with van der Waals surface area (Å²) < 4.78 is 4.71. The first-order chi connectivity index (χ1) is 8.18. The van der Waals surface area contributed by atoms with E-state index in [1.165, 1.54) is 0 Å². The summed E-state index contributed by atoms with van der Waals surface area (Å²) in [5.41, 5.74) is 1.39. The molecule has 0 fully saturated rings. The van der Waals surface area contributed by atoms with Gasteiger partial charge in [-0.1, -0.05) is 48.0 Å². The molecule has 1 N–H and O–H groups in total. The fourth-order valence-electron chi connectivity index (χ4n) is 1.55. The Morgan fingerprint density at radius 3 is 2.24 bits per heavy atom. The Balaban J connectivity index is 2.52. The molecular weight excluding hydrogens is 240 g/mol. The summed E-state index contributed by atoms with van der Waals surface area (Å²) in [5.74, 6) is 0.271. The average Bonchev–Trinajstić information content (AvgIpc) is 2.30. The average molecular weight is 249 g/mol. The van der Waals surface area contributed by atoms with Gasteiger partial charge in [0.1, 0.15) is 5.75 Å². The summed E-state index contributed by atoms with van der Waals surface area (Å²) in [4.78, 5) is 10.6. The van der Waals surface area contributed by atoms with Gasteiger partial charge < -0.3 is 9.84 Å². The normalized spacial score (nSPS) is 9.94. The number of rotatable bonds is 2. The molecule has 0 heterocycles. The highest BCUT2D eigenvalue weighted by atomic mass is 35.5. The zero-order valence-electron chi connectivity index (χ0n) is 8.76. The van der Waals surface area contributed by atoms with Crippen LogP contribution in [-0.2, 0) is 0 Å². The Morgan fingerprint density at radius 1 is 1.00 bits per heavy atom. The second-order valence-electron chi connectivity index (χ2n) is 3.34. The standard InChI is InChI=1S/C13H9ClO3/c14-11-7-3-1-5-9(11)10-6-2-4-8-12(10)17-13(15)16/h1-8H,(H,15,16). The van der Waals surface area contributed by atoms with E-state index in [2.05, 4.69) is 0 Å². The molecule has 4 heteroatoms. The highest BCUT2D eigenvalue weighted by molar-refractivity contribution is 6.33. The molecule has 3 nitrogen and oxygen atoms in total. The van der Waals surface area contributed by atoms with E-state index < -0.39 is 6.16 Å². The van der Waals surface area contributed by atoms with Crippen LogP contribution >= 0.6 is 11.6 Å². The van der Waals surface area contributed by atoms with Crippen molar-refractivity contribution in [2.45, 2.75) is 0 Å². The Kier molecular flexibility index (Phi) is 3.30. The highest BCUT2D eigenvalue weighted by Crippen LogP contribution is 2.34. The van der Waals surface area contributed by atoms with Crippen LogP contribution in [0.25, 0.3) is 11.1 Å². The maximum absolute atomic E-state index is 10.6. The summed E-state index contributed by atoms with van der Waals surface area (Å²) in [6.45, 7) is 0. The third-order valence-corrected chi connectivity index (χ3v) is 2.58. The van der Waals surface area contributed by atoms with Gasteiger partial charge in [0, 0.05) is 16.1 Å². The molecule has 0 unspecified atom stereocenters. The van der Waals surface area contributed by atoms with Crippen molar-refractivity contribution in [3.63, 3.8) is 0 Å². The summed E-state index contributed by atoms with van der Waals surface area (Å²) >= 11 is 6.06. The molecule has 0 aliphatic rings. The van der Waals surface area contributed by atoms with Crippen LogP contribution in [0.1, 0.15) is 0 Å².